The van der Waals surface area contributed by atoms with Gasteiger partial charge in [-0.15, -0.1) is 0 Å². The van der Waals surface area contributed by atoms with Gasteiger partial charge in [0.25, 0.3) is 5.91 Å². The molecule has 0 unspecified atom stereocenters. The van der Waals surface area contributed by atoms with Crippen LogP contribution in [0.3, 0.4) is 0 Å². The highest BCUT2D eigenvalue weighted by Crippen LogP contribution is 2.39. The van der Waals surface area contributed by atoms with Crippen molar-refractivity contribution in [1.29, 1.82) is 0 Å². The highest BCUT2D eigenvalue weighted by molar-refractivity contribution is 7.13. The van der Waals surface area contributed by atoms with E-state index < -0.39 is 0 Å². The van der Waals surface area contributed by atoms with E-state index in [0.29, 0.717) is 17.3 Å². The van der Waals surface area contributed by atoms with E-state index in [2.05, 4.69) is 34.1 Å². The average Bonchev–Trinajstić information content (AvgIpc) is 3.40. The van der Waals surface area contributed by atoms with Crippen LogP contribution in [-0.4, -0.2) is 48.0 Å². The molecule has 0 N–H and O–H groups in total. The van der Waals surface area contributed by atoms with Gasteiger partial charge in [-0.25, -0.2) is 0 Å². The molecular formula is C27H23ClN4OS. The molecule has 1 aromatic heterocycles. The molecule has 2 aliphatic heterocycles. The van der Waals surface area contributed by atoms with E-state index in [4.69, 9.17) is 16.0 Å². The third-order valence-corrected chi connectivity index (χ3v) is 7.55. The standard InChI is InChI=1S/C27H23ClN4OS/c28-20-10-11-21-23(16-19-6-2-1-3-7-19)27(33)32(24(21)17-20)18-30-12-14-31(15-13-30)26-22-8-4-5-9-25(22)34-29-26/h1-11,16-17H,12-15,18H2. The summed E-state index contributed by atoms with van der Waals surface area (Å²) < 4.78 is 5.93. The fourth-order valence-corrected chi connectivity index (χ4v) is 5.69. The Morgan fingerprint density at radius 1 is 0.941 bits per heavy atom. The van der Waals surface area contributed by atoms with Gasteiger partial charge < -0.3 is 4.90 Å². The Labute approximate surface area is 207 Å². The molecule has 1 amide bonds. The van der Waals surface area contributed by atoms with Crippen molar-refractivity contribution in [3.05, 3.63) is 88.9 Å². The normalized spacial score (nSPS) is 17.7. The smallest absolute Gasteiger partial charge is 0.260 e. The second-order valence-electron chi connectivity index (χ2n) is 8.61. The molecule has 0 spiro atoms. The number of halogens is 1. The van der Waals surface area contributed by atoms with Crippen LogP contribution in [0, 0.1) is 0 Å². The molecule has 0 saturated carbocycles. The minimum absolute atomic E-state index is 0.0223. The minimum atomic E-state index is 0.0223. The Hall–Kier alpha value is -3.19. The maximum absolute atomic E-state index is 13.5. The summed E-state index contributed by atoms with van der Waals surface area (Å²) in [6.07, 6.45) is 1.97. The fourth-order valence-electron chi connectivity index (χ4n) is 4.72. The first-order valence-electron chi connectivity index (χ1n) is 11.4. The molecule has 0 aliphatic carbocycles. The number of nitrogens with zero attached hydrogens (tertiary/aromatic N) is 4. The van der Waals surface area contributed by atoms with Crippen molar-refractivity contribution in [3.8, 4) is 0 Å². The topological polar surface area (TPSA) is 39.7 Å². The van der Waals surface area contributed by atoms with E-state index in [-0.39, 0.29) is 5.91 Å². The number of piperazine rings is 1. The number of benzene rings is 3. The molecule has 0 bridgehead atoms. The van der Waals surface area contributed by atoms with Crippen LogP contribution in [0.5, 0.6) is 0 Å². The lowest BCUT2D eigenvalue weighted by atomic mass is 10.0. The van der Waals surface area contributed by atoms with Gasteiger partial charge in [0.05, 0.1) is 17.1 Å². The SMILES string of the molecule is O=C1C(=Cc2ccccc2)c2ccc(Cl)cc2N1CN1CCN(c2nsc3ccccc23)CC1. The lowest BCUT2D eigenvalue weighted by Crippen LogP contribution is -2.50. The molecule has 7 heteroatoms. The number of anilines is 2. The predicted molar refractivity (Wildman–Crippen MR) is 142 cm³/mol. The Balaban J connectivity index is 1.21. The summed E-state index contributed by atoms with van der Waals surface area (Å²) in [7, 11) is 0. The largest absolute Gasteiger partial charge is 0.353 e. The van der Waals surface area contributed by atoms with Gasteiger partial charge in [0.15, 0.2) is 0 Å². The number of carbonyl (C=O) groups excluding carboxylic acids is 1. The van der Waals surface area contributed by atoms with Gasteiger partial charge in [0.2, 0.25) is 0 Å². The van der Waals surface area contributed by atoms with Gasteiger partial charge in [-0.2, -0.15) is 4.37 Å². The number of carbonyl (C=O) groups is 1. The molecule has 0 radical (unpaired) electrons. The third kappa shape index (κ3) is 3.88. The number of rotatable bonds is 4. The van der Waals surface area contributed by atoms with E-state index >= 15 is 0 Å². The van der Waals surface area contributed by atoms with Crippen LogP contribution in [-0.2, 0) is 4.79 Å². The highest BCUT2D eigenvalue weighted by atomic mass is 35.5. The van der Waals surface area contributed by atoms with Crippen molar-refractivity contribution in [2.75, 3.05) is 42.6 Å². The summed E-state index contributed by atoms with van der Waals surface area (Å²) in [5.74, 6) is 1.09. The van der Waals surface area contributed by atoms with Gasteiger partial charge in [-0.3, -0.25) is 14.6 Å². The summed E-state index contributed by atoms with van der Waals surface area (Å²) in [5.41, 5.74) is 3.54. The van der Waals surface area contributed by atoms with Crippen molar-refractivity contribution in [2.45, 2.75) is 0 Å². The van der Waals surface area contributed by atoms with Crippen molar-refractivity contribution < 1.29 is 4.79 Å². The Kier molecular flexibility index (Phi) is 5.57. The predicted octanol–water partition coefficient (Wildman–Crippen LogP) is 5.62. The molecule has 2 aliphatic rings. The zero-order valence-corrected chi connectivity index (χ0v) is 20.1. The maximum atomic E-state index is 13.5. The molecule has 170 valence electrons. The first-order valence-corrected chi connectivity index (χ1v) is 12.5. The van der Waals surface area contributed by atoms with E-state index in [0.717, 1.165) is 48.8 Å². The number of hydrogen-bond acceptors (Lipinski definition) is 5. The Bertz CT molecular complexity index is 1390. The van der Waals surface area contributed by atoms with Gasteiger partial charge in [0.1, 0.15) is 5.82 Å². The summed E-state index contributed by atoms with van der Waals surface area (Å²) in [5, 5.41) is 1.85. The number of aromatic nitrogens is 1. The van der Waals surface area contributed by atoms with Gasteiger partial charge >= 0.3 is 0 Å². The average molecular weight is 487 g/mol. The van der Waals surface area contributed by atoms with Crippen molar-refractivity contribution >= 4 is 62.3 Å². The Morgan fingerprint density at radius 3 is 2.53 bits per heavy atom. The van der Waals surface area contributed by atoms with Gasteiger partial charge in [-0.1, -0.05) is 60.1 Å². The quantitative estimate of drug-likeness (QED) is 0.351. The molecule has 34 heavy (non-hydrogen) atoms. The summed E-state index contributed by atoms with van der Waals surface area (Å²) >= 11 is 7.88. The van der Waals surface area contributed by atoms with E-state index in [1.165, 1.54) is 10.1 Å². The Morgan fingerprint density at radius 2 is 1.71 bits per heavy atom. The first kappa shape index (κ1) is 21.4. The number of amides is 1. The van der Waals surface area contributed by atoms with Crippen molar-refractivity contribution in [1.82, 2.24) is 9.27 Å². The lowest BCUT2D eigenvalue weighted by molar-refractivity contribution is -0.113. The van der Waals surface area contributed by atoms with Crippen molar-refractivity contribution in [3.63, 3.8) is 0 Å². The second-order valence-corrected chi connectivity index (χ2v) is 9.85. The van der Waals surface area contributed by atoms with E-state index in [1.807, 2.05) is 59.5 Å². The van der Waals surface area contributed by atoms with Gasteiger partial charge in [0, 0.05) is 47.7 Å². The van der Waals surface area contributed by atoms with Crippen LogP contribution < -0.4 is 9.80 Å². The summed E-state index contributed by atoms with van der Waals surface area (Å²) in [6.45, 7) is 4.03. The van der Waals surface area contributed by atoms with Crippen LogP contribution in [0.1, 0.15) is 11.1 Å². The molecule has 4 aromatic rings. The van der Waals surface area contributed by atoms with Crippen LogP contribution >= 0.6 is 23.1 Å². The summed E-state index contributed by atoms with van der Waals surface area (Å²) in [4.78, 5) is 20.1. The molecule has 0 atom stereocenters. The van der Waals surface area contributed by atoms with E-state index in [9.17, 15) is 4.79 Å². The van der Waals surface area contributed by atoms with Crippen LogP contribution in [0.2, 0.25) is 5.02 Å². The number of hydrogen-bond donors (Lipinski definition) is 0. The van der Waals surface area contributed by atoms with Crippen molar-refractivity contribution in [2.24, 2.45) is 0 Å². The molecule has 3 aromatic carbocycles. The molecule has 5 nitrogen and oxygen atoms in total. The second kappa shape index (κ2) is 8.87. The lowest BCUT2D eigenvalue weighted by Gasteiger charge is -2.37. The molecule has 1 fully saturated rings. The highest BCUT2D eigenvalue weighted by Gasteiger charge is 2.34. The monoisotopic (exact) mass is 486 g/mol. The van der Waals surface area contributed by atoms with E-state index in [1.54, 1.807) is 11.5 Å². The molecule has 3 heterocycles. The third-order valence-electron chi connectivity index (χ3n) is 6.50. The summed E-state index contributed by atoms with van der Waals surface area (Å²) in [6, 6.07) is 24.1. The van der Waals surface area contributed by atoms with Gasteiger partial charge in [-0.05, 0) is 47.4 Å². The molecule has 1 saturated heterocycles. The van der Waals surface area contributed by atoms with Crippen LogP contribution in [0.4, 0.5) is 11.5 Å². The fraction of sp³-hybridized carbons (Fsp3) is 0.185. The minimum Gasteiger partial charge on any atom is -0.353 e. The molecular weight excluding hydrogens is 464 g/mol. The molecule has 6 rings (SSSR count). The first-order chi connectivity index (χ1) is 16.7. The van der Waals surface area contributed by atoms with Crippen LogP contribution in [0.15, 0.2) is 72.8 Å². The van der Waals surface area contributed by atoms with Crippen LogP contribution in [0.25, 0.3) is 21.7 Å². The maximum Gasteiger partial charge on any atom is 0.260 e. The zero-order chi connectivity index (χ0) is 23.1. The zero-order valence-electron chi connectivity index (χ0n) is 18.5. The number of fused-ring (bicyclic) bond motifs is 2.